The first-order valence-electron chi connectivity index (χ1n) is 11.1. The van der Waals surface area contributed by atoms with Gasteiger partial charge in [-0.2, -0.15) is 0 Å². The van der Waals surface area contributed by atoms with Crippen molar-refractivity contribution >= 4 is 52.9 Å². The van der Waals surface area contributed by atoms with Crippen LogP contribution in [0.2, 0.25) is 10.0 Å². The molecule has 200 valence electrons. The van der Waals surface area contributed by atoms with Gasteiger partial charge in [-0.3, -0.25) is 14.4 Å². The number of Topliss-reactive ketones (excluding diaryl/α,β-unsaturated/α-hetero) is 1. The minimum atomic E-state index is -1.21. The van der Waals surface area contributed by atoms with Gasteiger partial charge in [0, 0.05) is 6.42 Å². The van der Waals surface area contributed by atoms with Crippen LogP contribution in [0, 0.1) is 0 Å². The molecule has 2 N–H and O–H groups in total. The van der Waals surface area contributed by atoms with E-state index in [1.165, 1.54) is 12.1 Å². The second-order valence-electron chi connectivity index (χ2n) is 9.74. The normalized spacial score (nSPS) is 12.2. The van der Waals surface area contributed by atoms with E-state index in [2.05, 4.69) is 10.6 Å². The average molecular weight is 547 g/mol. The molecular formula is C24H32Cl2N2O8. The van der Waals surface area contributed by atoms with Crippen LogP contribution in [-0.2, 0) is 28.6 Å². The summed E-state index contributed by atoms with van der Waals surface area (Å²) in [4.78, 5) is 61.4. The number of hydrogen-bond acceptors (Lipinski definition) is 8. The largest absolute Gasteiger partial charge is 0.460 e. The second-order valence-corrected chi connectivity index (χ2v) is 10.6. The van der Waals surface area contributed by atoms with Gasteiger partial charge in [-0.1, -0.05) is 29.3 Å². The first kappa shape index (κ1) is 31.2. The summed E-state index contributed by atoms with van der Waals surface area (Å²) in [6, 6.07) is 3.21. The molecule has 10 nitrogen and oxygen atoms in total. The summed E-state index contributed by atoms with van der Waals surface area (Å²) in [5.74, 6) is -2.92. The van der Waals surface area contributed by atoms with Crippen molar-refractivity contribution in [2.45, 2.75) is 71.6 Å². The predicted molar refractivity (Wildman–Crippen MR) is 133 cm³/mol. The van der Waals surface area contributed by atoms with E-state index in [4.69, 9.17) is 37.4 Å². The van der Waals surface area contributed by atoms with Gasteiger partial charge in [0.2, 0.25) is 5.91 Å². The number of esters is 2. The van der Waals surface area contributed by atoms with Crippen LogP contribution in [0.4, 0.5) is 4.79 Å². The van der Waals surface area contributed by atoms with E-state index in [1.54, 1.807) is 47.6 Å². The quantitative estimate of drug-likeness (QED) is 0.333. The lowest BCUT2D eigenvalue weighted by Crippen LogP contribution is -2.47. The lowest BCUT2D eigenvalue weighted by atomic mass is 10.1. The maximum absolute atomic E-state index is 12.8. The van der Waals surface area contributed by atoms with Crippen molar-refractivity contribution in [2.75, 3.05) is 13.2 Å². The zero-order chi connectivity index (χ0) is 27.7. The van der Waals surface area contributed by atoms with Gasteiger partial charge in [0.15, 0.2) is 12.4 Å². The summed E-state index contributed by atoms with van der Waals surface area (Å²) in [7, 11) is 0. The summed E-state index contributed by atoms with van der Waals surface area (Å²) in [5, 5.41) is 4.79. The van der Waals surface area contributed by atoms with Crippen molar-refractivity contribution in [3.63, 3.8) is 0 Å². The van der Waals surface area contributed by atoms with E-state index in [-0.39, 0.29) is 28.5 Å². The molecule has 1 aromatic rings. The van der Waals surface area contributed by atoms with E-state index in [1.807, 2.05) is 0 Å². The third-order valence-electron chi connectivity index (χ3n) is 4.09. The van der Waals surface area contributed by atoms with Crippen LogP contribution >= 0.6 is 23.2 Å². The monoisotopic (exact) mass is 546 g/mol. The molecule has 0 aliphatic rings. The number of amides is 2. The number of carbonyl (C=O) groups excluding carboxylic acids is 5. The Labute approximate surface area is 220 Å². The topological polar surface area (TPSA) is 137 Å². The lowest BCUT2D eigenvalue weighted by Gasteiger charge is -2.22. The molecule has 1 rings (SSSR count). The third kappa shape index (κ3) is 12.2. The third-order valence-corrected chi connectivity index (χ3v) is 4.72. The number of benzene rings is 1. The van der Waals surface area contributed by atoms with E-state index >= 15 is 0 Å². The molecule has 0 fully saturated rings. The van der Waals surface area contributed by atoms with Gasteiger partial charge >= 0.3 is 18.0 Å². The fourth-order valence-corrected chi connectivity index (χ4v) is 3.23. The summed E-state index contributed by atoms with van der Waals surface area (Å²) >= 11 is 12.0. The first-order chi connectivity index (χ1) is 16.5. The van der Waals surface area contributed by atoms with E-state index in [0.29, 0.717) is 0 Å². The van der Waals surface area contributed by atoms with Crippen molar-refractivity contribution in [2.24, 2.45) is 0 Å². The molecule has 0 aliphatic heterocycles. The van der Waals surface area contributed by atoms with E-state index in [0.717, 1.165) is 0 Å². The van der Waals surface area contributed by atoms with Gasteiger partial charge < -0.3 is 24.8 Å². The molecule has 0 radical (unpaired) electrons. The lowest BCUT2D eigenvalue weighted by molar-refractivity contribution is -0.155. The predicted octanol–water partition coefficient (Wildman–Crippen LogP) is 3.85. The summed E-state index contributed by atoms with van der Waals surface area (Å²) in [6.45, 7) is 8.85. The molecule has 0 aromatic heterocycles. The Morgan fingerprint density at radius 2 is 1.47 bits per heavy atom. The number of alkyl carbamates (subject to hydrolysis) is 1. The van der Waals surface area contributed by atoms with Crippen molar-refractivity contribution < 1.29 is 38.2 Å². The second kappa shape index (κ2) is 13.5. The number of ketones is 1. The fraction of sp³-hybridized carbons (Fsp3) is 0.542. The molecule has 36 heavy (non-hydrogen) atoms. The smallest absolute Gasteiger partial charge is 0.408 e. The van der Waals surface area contributed by atoms with Crippen LogP contribution in [0.1, 0.15) is 64.7 Å². The molecular weight excluding hydrogens is 515 g/mol. The molecule has 1 atom stereocenters. The Kier molecular flexibility index (Phi) is 11.7. The van der Waals surface area contributed by atoms with Crippen LogP contribution in [0.15, 0.2) is 18.2 Å². The molecule has 0 heterocycles. The minimum absolute atomic E-state index is 0.0444. The highest BCUT2D eigenvalue weighted by Crippen LogP contribution is 2.25. The molecule has 1 aromatic carbocycles. The first-order valence-corrected chi connectivity index (χ1v) is 11.9. The Bertz CT molecular complexity index is 963. The maximum Gasteiger partial charge on any atom is 0.408 e. The Morgan fingerprint density at radius 1 is 0.917 bits per heavy atom. The van der Waals surface area contributed by atoms with E-state index < -0.39 is 60.1 Å². The van der Waals surface area contributed by atoms with Crippen LogP contribution in [0.25, 0.3) is 0 Å². The number of hydrogen-bond donors (Lipinski definition) is 2. The molecule has 0 saturated heterocycles. The summed E-state index contributed by atoms with van der Waals surface area (Å²) in [5.41, 5.74) is -1.61. The molecule has 0 aliphatic carbocycles. The van der Waals surface area contributed by atoms with Gasteiger partial charge in [0.1, 0.15) is 17.7 Å². The van der Waals surface area contributed by atoms with Crippen molar-refractivity contribution in [1.29, 1.82) is 0 Å². The van der Waals surface area contributed by atoms with Crippen LogP contribution in [0.5, 0.6) is 0 Å². The average Bonchev–Trinajstić information content (AvgIpc) is 2.70. The number of halogens is 2. The molecule has 0 spiro atoms. The van der Waals surface area contributed by atoms with Crippen molar-refractivity contribution in [3.8, 4) is 0 Å². The maximum atomic E-state index is 12.8. The molecule has 0 bridgehead atoms. The van der Waals surface area contributed by atoms with Crippen LogP contribution in [-0.4, -0.2) is 60.1 Å². The zero-order valence-corrected chi connectivity index (χ0v) is 22.7. The highest BCUT2D eigenvalue weighted by atomic mass is 35.5. The minimum Gasteiger partial charge on any atom is -0.460 e. The molecule has 0 unspecified atom stereocenters. The Morgan fingerprint density at radius 3 is 2.00 bits per heavy atom. The molecule has 0 saturated carbocycles. The van der Waals surface area contributed by atoms with Gasteiger partial charge in [-0.05, 0) is 60.1 Å². The Balaban J connectivity index is 2.83. The van der Waals surface area contributed by atoms with Crippen molar-refractivity contribution in [1.82, 2.24) is 10.6 Å². The molecule has 2 amide bonds. The highest BCUT2D eigenvalue weighted by molar-refractivity contribution is 6.39. The number of rotatable bonds is 10. The van der Waals surface area contributed by atoms with Gasteiger partial charge in [0.25, 0.3) is 0 Å². The number of nitrogens with one attached hydrogen (secondary N) is 2. The SMILES string of the molecule is CC(C)(C)OC(=O)CC[C@H](NC(=O)CNC(=O)OC(C)(C)C)C(=O)COC(=O)c1c(Cl)cccc1Cl. The summed E-state index contributed by atoms with van der Waals surface area (Å²) in [6.07, 6.45) is -1.14. The van der Waals surface area contributed by atoms with Crippen LogP contribution in [0.3, 0.4) is 0 Å². The van der Waals surface area contributed by atoms with Crippen molar-refractivity contribution in [3.05, 3.63) is 33.8 Å². The van der Waals surface area contributed by atoms with Gasteiger partial charge in [-0.15, -0.1) is 0 Å². The van der Waals surface area contributed by atoms with Crippen LogP contribution < -0.4 is 10.6 Å². The fourth-order valence-electron chi connectivity index (χ4n) is 2.68. The molecule has 12 heteroatoms. The van der Waals surface area contributed by atoms with Gasteiger partial charge in [0.05, 0.1) is 21.7 Å². The standard InChI is InChI=1S/C24H32Cl2N2O8/c1-23(2,3)35-19(31)11-10-16(28-18(30)12-27-22(33)36-24(4,5)6)17(29)13-34-21(32)20-14(25)8-7-9-15(20)26/h7-9,16H,10-13H2,1-6H3,(H,27,33)(H,28,30)/t16-/m0/s1. The van der Waals surface area contributed by atoms with Gasteiger partial charge in [-0.25, -0.2) is 9.59 Å². The Hall–Kier alpha value is -2.85. The number of ether oxygens (including phenoxy) is 3. The highest BCUT2D eigenvalue weighted by Gasteiger charge is 2.26. The number of carbonyl (C=O) groups is 5. The van der Waals surface area contributed by atoms with E-state index in [9.17, 15) is 24.0 Å². The summed E-state index contributed by atoms with van der Waals surface area (Å²) < 4.78 is 15.3. The zero-order valence-electron chi connectivity index (χ0n) is 21.2.